The van der Waals surface area contributed by atoms with E-state index in [1.54, 1.807) is 4.90 Å². The molecule has 2 aromatic rings. The molecule has 2 nitrogen and oxygen atoms in total. The molecule has 0 bridgehead atoms. The molecule has 1 heterocycles. The van der Waals surface area contributed by atoms with Crippen molar-refractivity contribution in [3.8, 4) is 0 Å². The van der Waals surface area contributed by atoms with Gasteiger partial charge in [-0.2, -0.15) is 0 Å². The van der Waals surface area contributed by atoms with Crippen molar-refractivity contribution in [2.45, 2.75) is 13.5 Å². The largest absolute Gasteiger partial charge is 0.360 e. The van der Waals surface area contributed by atoms with Crippen molar-refractivity contribution in [3.05, 3.63) is 63.6 Å². The first-order valence-electron chi connectivity index (χ1n) is 7.71. The summed E-state index contributed by atoms with van der Waals surface area (Å²) < 4.78 is 0. The van der Waals surface area contributed by atoms with Gasteiger partial charge in [-0.15, -0.1) is 0 Å². The summed E-state index contributed by atoms with van der Waals surface area (Å²) >= 11 is 12.6. The fourth-order valence-electron chi connectivity index (χ4n) is 2.96. The lowest BCUT2D eigenvalue weighted by molar-refractivity contribution is -0.914. The van der Waals surface area contributed by atoms with E-state index in [0.717, 1.165) is 48.3 Å². The van der Waals surface area contributed by atoms with Crippen molar-refractivity contribution in [2.24, 2.45) is 0 Å². The van der Waals surface area contributed by atoms with E-state index in [0.29, 0.717) is 0 Å². The molecule has 4 heteroatoms. The van der Waals surface area contributed by atoms with Crippen LogP contribution in [0.25, 0.3) is 0 Å². The van der Waals surface area contributed by atoms with Crippen LogP contribution in [0.2, 0.25) is 10.0 Å². The van der Waals surface area contributed by atoms with Crippen LogP contribution >= 0.6 is 23.2 Å². The van der Waals surface area contributed by atoms with Crippen LogP contribution < -0.4 is 9.80 Å². The summed E-state index contributed by atoms with van der Waals surface area (Å²) in [5.41, 5.74) is 3.70. The Morgan fingerprint density at radius 2 is 1.55 bits per heavy atom. The van der Waals surface area contributed by atoms with E-state index in [1.165, 1.54) is 11.3 Å². The van der Waals surface area contributed by atoms with Crippen molar-refractivity contribution in [1.82, 2.24) is 0 Å². The van der Waals surface area contributed by atoms with Gasteiger partial charge in [-0.25, -0.2) is 0 Å². The zero-order valence-electron chi connectivity index (χ0n) is 12.8. The van der Waals surface area contributed by atoms with Crippen LogP contribution in [-0.2, 0) is 6.54 Å². The van der Waals surface area contributed by atoms with Crippen LogP contribution in [0.1, 0.15) is 11.1 Å². The molecule has 1 aliphatic rings. The van der Waals surface area contributed by atoms with E-state index in [9.17, 15) is 0 Å². The monoisotopic (exact) mass is 335 g/mol. The Morgan fingerprint density at radius 3 is 2.14 bits per heavy atom. The SMILES string of the molecule is Cc1ccc(N2CC[NH+](Cc3c(Cl)cccc3Cl)CC2)cc1. The number of aryl methyl sites for hydroxylation is 1. The number of nitrogens with one attached hydrogen (secondary N) is 1. The van der Waals surface area contributed by atoms with Gasteiger partial charge in [0.1, 0.15) is 6.54 Å². The highest BCUT2D eigenvalue weighted by Gasteiger charge is 2.22. The second kappa shape index (κ2) is 6.91. The van der Waals surface area contributed by atoms with Crippen LogP contribution in [0.5, 0.6) is 0 Å². The second-order valence-corrected chi connectivity index (χ2v) is 6.76. The maximum atomic E-state index is 6.28. The van der Waals surface area contributed by atoms with Gasteiger partial charge in [-0.05, 0) is 31.2 Å². The van der Waals surface area contributed by atoms with Gasteiger partial charge in [0.2, 0.25) is 0 Å². The summed E-state index contributed by atoms with van der Waals surface area (Å²) in [5, 5.41) is 1.56. The van der Waals surface area contributed by atoms with Crippen molar-refractivity contribution < 1.29 is 4.90 Å². The van der Waals surface area contributed by atoms with E-state index < -0.39 is 0 Å². The number of piperazine rings is 1. The topological polar surface area (TPSA) is 7.68 Å². The van der Waals surface area contributed by atoms with Gasteiger partial charge >= 0.3 is 0 Å². The van der Waals surface area contributed by atoms with Crippen molar-refractivity contribution in [3.63, 3.8) is 0 Å². The summed E-state index contributed by atoms with van der Waals surface area (Å²) in [6, 6.07) is 14.5. The van der Waals surface area contributed by atoms with Gasteiger partial charge in [0, 0.05) is 11.3 Å². The Balaban J connectivity index is 1.61. The smallest absolute Gasteiger partial charge is 0.106 e. The van der Waals surface area contributed by atoms with Crippen LogP contribution in [0.3, 0.4) is 0 Å². The van der Waals surface area contributed by atoms with Crippen LogP contribution in [0.15, 0.2) is 42.5 Å². The highest BCUT2D eigenvalue weighted by molar-refractivity contribution is 6.35. The molecule has 1 N–H and O–H groups in total. The molecule has 116 valence electrons. The van der Waals surface area contributed by atoms with E-state index >= 15 is 0 Å². The summed E-state index contributed by atoms with van der Waals surface area (Å²) in [5.74, 6) is 0. The standard InChI is InChI=1S/C18H20Cl2N2/c1-14-5-7-15(8-6-14)22-11-9-21(10-12-22)13-16-17(19)3-2-4-18(16)20/h2-8H,9-13H2,1H3/p+1. The Morgan fingerprint density at radius 1 is 0.955 bits per heavy atom. The van der Waals surface area contributed by atoms with Crippen LogP contribution in [-0.4, -0.2) is 26.2 Å². The number of halogens is 2. The van der Waals surface area contributed by atoms with Gasteiger partial charge in [-0.1, -0.05) is 47.0 Å². The molecule has 1 fully saturated rings. The summed E-state index contributed by atoms with van der Waals surface area (Å²) in [6.07, 6.45) is 0. The molecule has 0 radical (unpaired) electrons. The molecule has 0 amide bonds. The van der Waals surface area contributed by atoms with Gasteiger partial charge in [0.05, 0.1) is 36.2 Å². The first kappa shape index (κ1) is 15.7. The van der Waals surface area contributed by atoms with Gasteiger partial charge in [0.15, 0.2) is 0 Å². The average Bonchev–Trinajstić information content (AvgIpc) is 2.53. The van der Waals surface area contributed by atoms with Crippen LogP contribution in [0.4, 0.5) is 5.69 Å². The predicted molar refractivity (Wildman–Crippen MR) is 94.3 cm³/mol. The Kier molecular flexibility index (Phi) is 4.92. The van der Waals surface area contributed by atoms with E-state index in [4.69, 9.17) is 23.2 Å². The number of anilines is 1. The molecule has 0 spiro atoms. The summed E-state index contributed by atoms with van der Waals surface area (Å²) in [7, 11) is 0. The molecule has 1 aliphatic heterocycles. The number of benzene rings is 2. The second-order valence-electron chi connectivity index (χ2n) is 5.95. The Labute approximate surface area is 142 Å². The summed E-state index contributed by atoms with van der Waals surface area (Å²) in [6.45, 7) is 7.38. The van der Waals surface area contributed by atoms with Gasteiger partial charge < -0.3 is 9.80 Å². The molecule has 22 heavy (non-hydrogen) atoms. The minimum absolute atomic E-state index is 0.779. The number of hydrogen-bond acceptors (Lipinski definition) is 1. The van der Waals surface area contributed by atoms with E-state index in [2.05, 4.69) is 36.1 Å². The lowest BCUT2D eigenvalue weighted by Crippen LogP contribution is -3.13. The molecule has 2 aromatic carbocycles. The van der Waals surface area contributed by atoms with E-state index in [-0.39, 0.29) is 0 Å². The minimum atomic E-state index is 0.779. The first-order valence-corrected chi connectivity index (χ1v) is 8.47. The fraction of sp³-hybridized carbons (Fsp3) is 0.333. The van der Waals surface area contributed by atoms with Crippen molar-refractivity contribution >= 4 is 28.9 Å². The molecule has 0 aliphatic carbocycles. The number of hydrogen-bond donors (Lipinski definition) is 1. The molecule has 0 atom stereocenters. The van der Waals surface area contributed by atoms with Gasteiger partial charge in [-0.3, -0.25) is 0 Å². The molecular formula is C18H21Cl2N2+. The molecular weight excluding hydrogens is 315 g/mol. The lowest BCUT2D eigenvalue weighted by atomic mass is 10.1. The zero-order chi connectivity index (χ0) is 15.5. The molecule has 0 saturated carbocycles. The maximum absolute atomic E-state index is 6.28. The first-order chi connectivity index (χ1) is 10.6. The average molecular weight is 336 g/mol. The third-order valence-corrected chi connectivity index (χ3v) is 5.07. The van der Waals surface area contributed by atoms with E-state index in [1.807, 2.05) is 18.2 Å². The van der Waals surface area contributed by atoms with Gasteiger partial charge in [0.25, 0.3) is 0 Å². The fourth-order valence-corrected chi connectivity index (χ4v) is 3.50. The molecule has 3 rings (SSSR count). The van der Waals surface area contributed by atoms with Crippen molar-refractivity contribution in [1.29, 1.82) is 0 Å². The number of quaternary nitrogens is 1. The number of nitrogens with zero attached hydrogens (tertiary/aromatic N) is 1. The summed E-state index contributed by atoms with van der Waals surface area (Å²) in [4.78, 5) is 4.00. The maximum Gasteiger partial charge on any atom is 0.106 e. The highest BCUT2D eigenvalue weighted by atomic mass is 35.5. The quantitative estimate of drug-likeness (QED) is 0.904. The molecule has 0 unspecified atom stereocenters. The van der Waals surface area contributed by atoms with Crippen LogP contribution in [0, 0.1) is 6.92 Å². The molecule has 1 saturated heterocycles. The highest BCUT2D eigenvalue weighted by Crippen LogP contribution is 2.23. The van der Waals surface area contributed by atoms with Crippen molar-refractivity contribution in [2.75, 3.05) is 31.1 Å². The Bertz CT molecular complexity index is 612. The molecule has 0 aromatic heterocycles. The lowest BCUT2D eigenvalue weighted by Gasteiger charge is -2.34. The third kappa shape index (κ3) is 3.57. The normalized spacial score (nSPS) is 16.0. The Hall–Kier alpha value is -1.22. The third-order valence-electron chi connectivity index (χ3n) is 4.36. The minimum Gasteiger partial charge on any atom is -0.360 e. The predicted octanol–water partition coefficient (Wildman–Crippen LogP) is 3.21. The number of rotatable bonds is 3. The zero-order valence-corrected chi connectivity index (χ0v) is 14.3.